The van der Waals surface area contributed by atoms with Crippen molar-refractivity contribution in [3.63, 3.8) is 0 Å². The Morgan fingerprint density at radius 2 is 0.846 bits per heavy atom. The van der Waals surface area contributed by atoms with Crippen molar-refractivity contribution in [2.75, 3.05) is 26.4 Å². The lowest BCUT2D eigenvalue weighted by atomic mass is 9.99. The molecule has 0 aromatic carbocycles. The number of hydrogen-bond acceptors (Lipinski definition) is 9. The molecule has 1 rings (SSSR count). The number of allylic oxidation sites excluding steroid dienone is 2. The van der Waals surface area contributed by atoms with E-state index in [-0.39, 0.29) is 19.2 Å². The molecule has 1 fully saturated rings. The first-order valence-corrected chi connectivity index (χ1v) is 28.3. The minimum atomic E-state index is -1.53. The molecule has 0 aromatic heterocycles. The van der Waals surface area contributed by atoms with Gasteiger partial charge in [-0.15, -0.1) is 0 Å². The zero-order valence-corrected chi connectivity index (χ0v) is 42.8. The highest BCUT2D eigenvalue weighted by Gasteiger charge is 2.44. The number of hydrogen-bond donors (Lipinski definition) is 4. The van der Waals surface area contributed by atoms with Crippen LogP contribution >= 0.6 is 0 Å². The molecule has 65 heavy (non-hydrogen) atoms. The first-order chi connectivity index (χ1) is 31.9. The van der Waals surface area contributed by atoms with Gasteiger partial charge in [0, 0.05) is 13.0 Å². The van der Waals surface area contributed by atoms with Crippen LogP contribution in [0.25, 0.3) is 0 Å². The zero-order chi connectivity index (χ0) is 47.1. The molecule has 1 aliphatic rings. The molecule has 4 N–H and O–H groups in total. The van der Waals surface area contributed by atoms with E-state index in [4.69, 9.17) is 18.9 Å². The number of ether oxygens (including phenoxy) is 4. The van der Waals surface area contributed by atoms with E-state index in [1.54, 1.807) is 0 Å². The number of carbonyl (C=O) groups is 1. The maximum absolute atomic E-state index is 12.9. The first kappa shape index (κ1) is 61.9. The SMILES string of the molecule is CCCCCCCCC/C=C\CCCCCCCCCC(=O)OC(COCCCCCCCCCCCCCCCCCCCCCCCCCC)COC1OC(CO)C(O)C(O)C1O. The van der Waals surface area contributed by atoms with Crippen LogP contribution in [0.3, 0.4) is 0 Å². The Bertz CT molecular complexity index is 1010. The van der Waals surface area contributed by atoms with E-state index in [1.165, 1.54) is 225 Å². The summed E-state index contributed by atoms with van der Waals surface area (Å²) in [6, 6.07) is 0. The summed E-state index contributed by atoms with van der Waals surface area (Å²) in [7, 11) is 0. The first-order valence-electron chi connectivity index (χ1n) is 28.3. The highest BCUT2D eigenvalue weighted by molar-refractivity contribution is 5.69. The lowest BCUT2D eigenvalue weighted by Gasteiger charge is -2.39. The molecule has 386 valence electrons. The number of unbranched alkanes of at least 4 members (excludes halogenated alkanes) is 37. The second-order valence-electron chi connectivity index (χ2n) is 19.7. The number of aliphatic hydroxyl groups is 4. The van der Waals surface area contributed by atoms with Gasteiger partial charge in [0.05, 0.1) is 19.8 Å². The van der Waals surface area contributed by atoms with Gasteiger partial charge in [0.25, 0.3) is 0 Å². The van der Waals surface area contributed by atoms with Crippen LogP contribution in [0.4, 0.5) is 0 Å². The van der Waals surface area contributed by atoms with Crippen molar-refractivity contribution in [2.24, 2.45) is 0 Å². The fourth-order valence-corrected chi connectivity index (χ4v) is 9.02. The van der Waals surface area contributed by atoms with Crippen molar-refractivity contribution in [3.8, 4) is 0 Å². The molecular weight excluding hydrogens is 817 g/mol. The minimum Gasteiger partial charge on any atom is -0.457 e. The predicted octanol–water partition coefficient (Wildman–Crippen LogP) is 14.3. The van der Waals surface area contributed by atoms with Crippen LogP contribution in [-0.2, 0) is 23.7 Å². The quantitative estimate of drug-likeness (QED) is 0.0267. The van der Waals surface area contributed by atoms with E-state index in [9.17, 15) is 25.2 Å². The molecule has 0 amide bonds. The van der Waals surface area contributed by atoms with Gasteiger partial charge in [0.15, 0.2) is 6.29 Å². The van der Waals surface area contributed by atoms with Gasteiger partial charge < -0.3 is 39.4 Å². The van der Waals surface area contributed by atoms with Crippen molar-refractivity contribution in [2.45, 2.75) is 314 Å². The Balaban J connectivity index is 2.14. The fourth-order valence-electron chi connectivity index (χ4n) is 9.02. The summed E-state index contributed by atoms with van der Waals surface area (Å²) in [4.78, 5) is 12.9. The van der Waals surface area contributed by atoms with Crippen LogP contribution in [0.1, 0.15) is 277 Å². The van der Waals surface area contributed by atoms with Crippen molar-refractivity contribution in [1.82, 2.24) is 0 Å². The van der Waals surface area contributed by atoms with Crippen molar-refractivity contribution in [1.29, 1.82) is 0 Å². The van der Waals surface area contributed by atoms with Gasteiger partial charge in [-0.05, 0) is 38.5 Å². The molecular formula is C56H108O9. The van der Waals surface area contributed by atoms with E-state index >= 15 is 0 Å². The smallest absolute Gasteiger partial charge is 0.306 e. The maximum Gasteiger partial charge on any atom is 0.306 e. The Hall–Kier alpha value is -1.07. The van der Waals surface area contributed by atoms with Gasteiger partial charge in [-0.2, -0.15) is 0 Å². The Labute approximate surface area is 401 Å². The highest BCUT2D eigenvalue weighted by Crippen LogP contribution is 2.23. The molecule has 0 spiro atoms. The van der Waals surface area contributed by atoms with Gasteiger partial charge in [0.1, 0.15) is 30.5 Å². The van der Waals surface area contributed by atoms with Gasteiger partial charge in [-0.1, -0.05) is 244 Å². The summed E-state index contributed by atoms with van der Waals surface area (Å²) in [5.41, 5.74) is 0. The molecule has 0 saturated carbocycles. The van der Waals surface area contributed by atoms with Crippen LogP contribution in [0.2, 0.25) is 0 Å². The summed E-state index contributed by atoms with van der Waals surface area (Å²) in [6.45, 7) is 4.62. The van der Waals surface area contributed by atoms with E-state index in [0.29, 0.717) is 13.0 Å². The Morgan fingerprint density at radius 3 is 1.25 bits per heavy atom. The molecule has 6 atom stereocenters. The number of aliphatic hydroxyl groups excluding tert-OH is 4. The molecule has 9 nitrogen and oxygen atoms in total. The highest BCUT2D eigenvalue weighted by atomic mass is 16.7. The molecule has 9 heteroatoms. The van der Waals surface area contributed by atoms with Crippen LogP contribution in [0, 0.1) is 0 Å². The largest absolute Gasteiger partial charge is 0.457 e. The number of esters is 1. The third-order valence-corrected chi connectivity index (χ3v) is 13.4. The standard InChI is InChI=1S/C56H108O9/c1-3-5-7-9-11-13-15-17-19-21-23-24-25-26-27-28-30-32-34-36-38-40-42-44-46-62-48-50(49-63-56-55(61)54(60)53(59)51(47-57)65-56)64-52(58)45-43-41-39-37-35-33-31-29-22-20-18-16-14-12-10-8-6-4-2/h20,22,50-51,53-57,59-61H,3-19,21,23-49H2,1-2H3/b22-20-. The topological polar surface area (TPSA) is 135 Å². The lowest BCUT2D eigenvalue weighted by molar-refractivity contribution is -0.305. The second-order valence-corrected chi connectivity index (χ2v) is 19.7. The monoisotopic (exact) mass is 925 g/mol. The van der Waals surface area contributed by atoms with E-state index < -0.39 is 43.4 Å². The second kappa shape index (κ2) is 48.0. The van der Waals surface area contributed by atoms with Crippen LogP contribution in [0.15, 0.2) is 12.2 Å². The molecule has 0 bridgehead atoms. The Kier molecular flexibility index (Phi) is 45.7. The molecule has 1 heterocycles. The Morgan fingerprint density at radius 1 is 0.477 bits per heavy atom. The molecule has 0 aromatic rings. The van der Waals surface area contributed by atoms with E-state index in [1.807, 2.05) is 0 Å². The molecule has 0 aliphatic carbocycles. The molecule has 1 saturated heterocycles. The summed E-state index contributed by atoms with van der Waals surface area (Å²) in [5.74, 6) is -0.311. The minimum absolute atomic E-state index is 0.109. The normalized spacial score (nSPS) is 19.4. The summed E-state index contributed by atoms with van der Waals surface area (Å²) < 4.78 is 23.0. The zero-order valence-electron chi connectivity index (χ0n) is 42.8. The summed E-state index contributed by atoms with van der Waals surface area (Å²) in [6.07, 6.45) is 49.7. The van der Waals surface area contributed by atoms with Gasteiger partial charge >= 0.3 is 5.97 Å². The molecule has 6 unspecified atom stereocenters. The summed E-state index contributed by atoms with van der Waals surface area (Å²) in [5, 5.41) is 40.3. The molecule has 0 radical (unpaired) electrons. The summed E-state index contributed by atoms with van der Waals surface area (Å²) >= 11 is 0. The van der Waals surface area contributed by atoms with E-state index in [2.05, 4.69) is 26.0 Å². The van der Waals surface area contributed by atoms with Crippen molar-refractivity contribution < 1.29 is 44.2 Å². The van der Waals surface area contributed by atoms with Crippen LogP contribution < -0.4 is 0 Å². The predicted molar refractivity (Wildman–Crippen MR) is 270 cm³/mol. The van der Waals surface area contributed by atoms with Crippen LogP contribution in [0.5, 0.6) is 0 Å². The van der Waals surface area contributed by atoms with Crippen molar-refractivity contribution >= 4 is 5.97 Å². The number of rotatable bonds is 50. The maximum atomic E-state index is 12.9. The van der Waals surface area contributed by atoms with Crippen molar-refractivity contribution in [3.05, 3.63) is 12.2 Å². The van der Waals surface area contributed by atoms with Gasteiger partial charge in [-0.25, -0.2) is 0 Å². The van der Waals surface area contributed by atoms with Crippen LogP contribution in [-0.4, -0.2) is 89.6 Å². The average Bonchev–Trinajstić information content (AvgIpc) is 3.31. The third kappa shape index (κ3) is 38.5. The number of carbonyl (C=O) groups excluding carboxylic acids is 1. The molecule has 1 aliphatic heterocycles. The fraction of sp³-hybridized carbons (Fsp3) is 0.946. The van der Waals surface area contributed by atoms with Gasteiger partial charge in [-0.3, -0.25) is 4.79 Å². The van der Waals surface area contributed by atoms with Gasteiger partial charge in [0.2, 0.25) is 0 Å². The lowest BCUT2D eigenvalue weighted by Crippen LogP contribution is -2.59. The third-order valence-electron chi connectivity index (χ3n) is 13.4. The average molecular weight is 925 g/mol. The van der Waals surface area contributed by atoms with E-state index in [0.717, 1.165) is 32.1 Å².